The maximum absolute atomic E-state index is 12.3. The first-order valence-electron chi connectivity index (χ1n) is 5.88. The first-order chi connectivity index (χ1) is 9.51. The number of aromatic nitrogens is 1. The van der Waals surface area contributed by atoms with E-state index in [1.165, 1.54) is 7.11 Å². The van der Waals surface area contributed by atoms with E-state index in [0.29, 0.717) is 22.7 Å². The number of nitrogens with zero attached hydrogens (tertiary/aromatic N) is 1. The van der Waals surface area contributed by atoms with E-state index in [-0.39, 0.29) is 11.1 Å². The molecular formula is C14H14ClN3O2. The lowest BCUT2D eigenvalue weighted by molar-refractivity contribution is 0.102. The Balaban J connectivity index is 2.30. The van der Waals surface area contributed by atoms with Gasteiger partial charge in [-0.3, -0.25) is 4.79 Å². The molecule has 3 N–H and O–H groups in total. The lowest BCUT2D eigenvalue weighted by Gasteiger charge is -2.11. The Hall–Kier alpha value is -2.27. The van der Waals surface area contributed by atoms with E-state index < -0.39 is 0 Å². The molecule has 5 nitrogen and oxygen atoms in total. The van der Waals surface area contributed by atoms with Crippen molar-refractivity contribution in [2.24, 2.45) is 0 Å². The van der Waals surface area contributed by atoms with E-state index in [1.807, 2.05) is 6.92 Å². The van der Waals surface area contributed by atoms with Crippen molar-refractivity contribution in [2.45, 2.75) is 6.92 Å². The van der Waals surface area contributed by atoms with Gasteiger partial charge in [-0.1, -0.05) is 11.6 Å². The molecule has 20 heavy (non-hydrogen) atoms. The average Bonchev–Trinajstić information content (AvgIpc) is 2.42. The van der Waals surface area contributed by atoms with E-state index in [0.717, 1.165) is 5.56 Å². The fraction of sp³-hybridized carbons (Fsp3) is 0.143. The van der Waals surface area contributed by atoms with Crippen LogP contribution in [-0.2, 0) is 0 Å². The molecule has 0 fully saturated rings. The summed E-state index contributed by atoms with van der Waals surface area (Å²) in [7, 11) is 1.48. The van der Waals surface area contributed by atoms with E-state index in [9.17, 15) is 4.79 Å². The molecule has 1 aromatic heterocycles. The number of hydrogen-bond donors (Lipinski definition) is 2. The number of nitrogens with one attached hydrogen (secondary N) is 1. The van der Waals surface area contributed by atoms with Gasteiger partial charge in [0.1, 0.15) is 5.75 Å². The molecule has 104 valence electrons. The van der Waals surface area contributed by atoms with Crippen LogP contribution in [0.2, 0.25) is 5.15 Å². The lowest BCUT2D eigenvalue weighted by Crippen LogP contribution is -2.14. The maximum atomic E-state index is 12.3. The normalized spacial score (nSPS) is 10.2. The summed E-state index contributed by atoms with van der Waals surface area (Å²) in [6.45, 7) is 1.86. The van der Waals surface area contributed by atoms with Gasteiger partial charge in [0.2, 0.25) is 0 Å². The van der Waals surface area contributed by atoms with Gasteiger partial charge < -0.3 is 15.8 Å². The third kappa shape index (κ3) is 3.00. The highest BCUT2D eigenvalue weighted by Crippen LogP contribution is 2.25. The summed E-state index contributed by atoms with van der Waals surface area (Å²) >= 11 is 5.95. The summed E-state index contributed by atoms with van der Waals surface area (Å²) < 4.78 is 5.15. The molecule has 0 saturated carbocycles. The highest BCUT2D eigenvalue weighted by molar-refractivity contribution is 6.32. The van der Waals surface area contributed by atoms with Crippen LogP contribution in [0.15, 0.2) is 30.5 Å². The minimum atomic E-state index is -0.337. The van der Waals surface area contributed by atoms with Gasteiger partial charge in [0.25, 0.3) is 5.91 Å². The number of aryl methyl sites for hydroxylation is 1. The van der Waals surface area contributed by atoms with Crippen molar-refractivity contribution in [1.82, 2.24) is 4.98 Å². The smallest absolute Gasteiger partial charge is 0.259 e. The Morgan fingerprint density at radius 2 is 2.15 bits per heavy atom. The molecule has 2 aromatic rings. The Morgan fingerprint density at radius 3 is 2.85 bits per heavy atom. The van der Waals surface area contributed by atoms with E-state index in [2.05, 4.69) is 10.3 Å². The number of amides is 1. The van der Waals surface area contributed by atoms with Crippen LogP contribution in [-0.4, -0.2) is 18.0 Å². The molecule has 1 amide bonds. The van der Waals surface area contributed by atoms with Crippen molar-refractivity contribution in [2.75, 3.05) is 18.2 Å². The van der Waals surface area contributed by atoms with Crippen molar-refractivity contribution in [3.63, 3.8) is 0 Å². The van der Waals surface area contributed by atoms with Crippen LogP contribution in [0, 0.1) is 6.92 Å². The van der Waals surface area contributed by atoms with E-state index >= 15 is 0 Å². The fourth-order valence-electron chi connectivity index (χ4n) is 1.73. The Bertz CT molecular complexity index is 659. The number of nitrogen functional groups attached to an aromatic ring is 1. The SMILES string of the molecule is COc1cc(N)ccc1C(=O)Nc1cc(C)cnc1Cl. The van der Waals surface area contributed by atoms with Gasteiger partial charge in [-0.25, -0.2) is 4.98 Å². The summed E-state index contributed by atoms with van der Waals surface area (Å²) in [4.78, 5) is 16.2. The molecule has 0 aliphatic heterocycles. The van der Waals surface area contributed by atoms with E-state index in [4.69, 9.17) is 22.1 Å². The van der Waals surface area contributed by atoms with Crippen molar-refractivity contribution < 1.29 is 9.53 Å². The van der Waals surface area contributed by atoms with Crippen LogP contribution in [0.4, 0.5) is 11.4 Å². The molecule has 0 aliphatic rings. The van der Waals surface area contributed by atoms with Crippen LogP contribution in [0.1, 0.15) is 15.9 Å². The first kappa shape index (κ1) is 14.1. The quantitative estimate of drug-likeness (QED) is 0.673. The number of nitrogens with two attached hydrogens (primary N) is 1. The number of halogens is 1. The van der Waals surface area contributed by atoms with E-state index in [1.54, 1.807) is 30.5 Å². The number of anilines is 2. The van der Waals surface area contributed by atoms with Gasteiger partial charge in [0.15, 0.2) is 5.15 Å². The number of methoxy groups -OCH3 is 1. The second-order valence-electron chi connectivity index (χ2n) is 4.26. The topological polar surface area (TPSA) is 77.2 Å². The standard InChI is InChI=1S/C14H14ClN3O2/c1-8-5-11(13(15)17-7-8)18-14(19)10-4-3-9(16)6-12(10)20-2/h3-7H,16H2,1-2H3,(H,18,19). The molecule has 0 spiro atoms. The van der Waals surface area contributed by atoms with Gasteiger partial charge in [-0.05, 0) is 30.7 Å². The number of benzene rings is 1. The third-order valence-corrected chi connectivity index (χ3v) is 3.00. The fourth-order valence-corrected chi connectivity index (χ4v) is 1.88. The van der Waals surface area contributed by atoms with Gasteiger partial charge in [-0.2, -0.15) is 0 Å². The Morgan fingerprint density at radius 1 is 1.40 bits per heavy atom. The second-order valence-corrected chi connectivity index (χ2v) is 4.62. The Kier molecular flexibility index (Phi) is 4.10. The zero-order valence-corrected chi connectivity index (χ0v) is 11.9. The molecule has 0 aliphatic carbocycles. The summed E-state index contributed by atoms with van der Waals surface area (Å²) in [5.41, 5.74) is 7.90. The zero-order chi connectivity index (χ0) is 14.7. The molecule has 2 rings (SSSR count). The van der Waals surface area contributed by atoms with Crippen molar-refractivity contribution in [3.8, 4) is 5.75 Å². The number of carbonyl (C=O) groups excluding carboxylic acids is 1. The summed E-state index contributed by atoms with van der Waals surface area (Å²) in [5.74, 6) is 0.0652. The Labute approximate surface area is 121 Å². The second kappa shape index (κ2) is 5.79. The summed E-state index contributed by atoms with van der Waals surface area (Å²) in [6.07, 6.45) is 1.63. The number of carbonyl (C=O) groups is 1. The molecule has 0 radical (unpaired) electrons. The highest BCUT2D eigenvalue weighted by atomic mass is 35.5. The molecule has 1 aromatic carbocycles. The number of hydrogen-bond acceptors (Lipinski definition) is 4. The molecule has 0 saturated heterocycles. The molecular weight excluding hydrogens is 278 g/mol. The molecule has 0 bridgehead atoms. The highest BCUT2D eigenvalue weighted by Gasteiger charge is 2.14. The number of pyridine rings is 1. The predicted molar refractivity (Wildman–Crippen MR) is 79.3 cm³/mol. The van der Waals surface area contributed by atoms with Gasteiger partial charge in [0, 0.05) is 18.0 Å². The molecule has 0 unspecified atom stereocenters. The first-order valence-corrected chi connectivity index (χ1v) is 6.26. The van der Waals surface area contributed by atoms with Crippen LogP contribution < -0.4 is 15.8 Å². The predicted octanol–water partition coefficient (Wildman–Crippen LogP) is 2.89. The largest absolute Gasteiger partial charge is 0.496 e. The van der Waals surface area contributed by atoms with Crippen LogP contribution in [0.3, 0.4) is 0 Å². The number of rotatable bonds is 3. The van der Waals surface area contributed by atoms with Crippen molar-refractivity contribution in [1.29, 1.82) is 0 Å². The summed E-state index contributed by atoms with van der Waals surface area (Å²) in [5, 5.41) is 2.94. The van der Waals surface area contributed by atoms with Crippen LogP contribution in [0.25, 0.3) is 0 Å². The molecule has 1 heterocycles. The third-order valence-electron chi connectivity index (χ3n) is 2.69. The van der Waals surface area contributed by atoms with Crippen LogP contribution in [0.5, 0.6) is 5.75 Å². The van der Waals surface area contributed by atoms with Crippen LogP contribution >= 0.6 is 11.6 Å². The van der Waals surface area contributed by atoms with Gasteiger partial charge >= 0.3 is 0 Å². The van der Waals surface area contributed by atoms with Crippen molar-refractivity contribution in [3.05, 3.63) is 46.7 Å². The van der Waals surface area contributed by atoms with Crippen molar-refractivity contribution >= 4 is 28.9 Å². The zero-order valence-electron chi connectivity index (χ0n) is 11.1. The molecule has 6 heteroatoms. The average molecular weight is 292 g/mol. The number of ether oxygens (including phenoxy) is 1. The van der Waals surface area contributed by atoms with Gasteiger partial charge in [-0.15, -0.1) is 0 Å². The minimum absolute atomic E-state index is 0.235. The minimum Gasteiger partial charge on any atom is -0.496 e. The lowest BCUT2D eigenvalue weighted by atomic mass is 10.1. The monoisotopic (exact) mass is 291 g/mol. The molecule has 0 atom stereocenters. The summed E-state index contributed by atoms with van der Waals surface area (Å²) in [6, 6.07) is 6.57. The van der Waals surface area contributed by atoms with Gasteiger partial charge in [0.05, 0.1) is 18.4 Å². The maximum Gasteiger partial charge on any atom is 0.259 e.